The van der Waals surface area contributed by atoms with Gasteiger partial charge in [-0.25, -0.2) is 9.50 Å². The summed E-state index contributed by atoms with van der Waals surface area (Å²) in [4.78, 5) is 13.4. The molecule has 7 rings (SSSR count). The Kier molecular flexibility index (Phi) is 7.22. The van der Waals surface area contributed by atoms with E-state index in [-0.39, 0.29) is 17.6 Å². The SMILES string of the molecule is Cn1c(Nc2cc(C(C)(C)C)n([C@H]3CCC[C@H]3OCc3ccccc3)n2)nc2ncc(Oc3cnn4ccncc34)c(Cl)c21. The number of pyridine rings is 1. The van der Waals surface area contributed by atoms with Crippen LogP contribution in [-0.2, 0) is 23.8 Å². The maximum absolute atomic E-state index is 6.87. The number of aromatic nitrogens is 8. The molecule has 1 fully saturated rings. The maximum Gasteiger partial charge on any atom is 0.210 e. The van der Waals surface area contributed by atoms with E-state index in [2.05, 4.69) is 64.0 Å². The molecular weight excluding hydrogens is 578 g/mol. The van der Waals surface area contributed by atoms with Gasteiger partial charge in [0.1, 0.15) is 16.1 Å². The van der Waals surface area contributed by atoms with Gasteiger partial charge >= 0.3 is 0 Å². The van der Waals surface area contributed by atoms with Crippen molar-refractivity contribution in [1.29, 1.82) is 0 Å². The smallest absolute Gasteiger partial charge is 0.210 e. The molecule has 1 aromatic carbocycles. The largest absolute Gasteiger partial charge is 0.450 e. The lowest BCUT2D eigenvalue weighted by Crippen LogP contribution is -2.28. The number of hydrogen-bond donors (Lipinski definition) is 1. The minimum Gasteiger partial charge on any atom is -0.450 e. The molecule has 0 radical (unpaired) electrons. The fourth-order valence-corrected chi connectivity index (χ4v) is 6.15. The molecule has 0 saturated heterocycles. The lowest BCUT2D eigenvalue weighted by atomic mass is 9.91. The summed E-state index contributed by atoms with van der Waals surface area (Å²) in [5.74, 6) is 2.20. The van der Waals surface area contributed by atoms with Crippen LogP contribution in [0.1, 0.15) is 57.3 Å². The Bertz CT molecular complexity index is 1940. The number of hydrogen-bond acceptors (Lipinski definition) is 8. The number of ether oxygens (including phenoxy) is 2. The number of nitrogens with zero attached hydrogens (tertiary/aromatic N) is 8. The number of nitrogens with one attached hydrogen (secondary N) is 1. The molecule has 0 spiro atoms. The van der Waals surface area contributed by atoms with E-state index in [0.29, 0.717) is 46.1 Å². The molecule has 12 heteroatoms. The zero-order valence-corrected chi connectivity index (χ0v) is 25.9. The molecule has 0 amide bonds. The summed E-state index contributed by atoms with van der Waals surface area (Å²) in [6.45, 7) is 7.21. The number of halogens is 1. The zero-order valence-electron chi connectivity index (χ0n) is 25.1. The summed E-state index contributed by atoms with van der Waals surface area (Å²) in [6, 6.07) is 12.6. The van der Waals surface area contributed by atoms with E-state index in [1.54, 1.807) is 35.5 Å². The van der Waals surface area contributed by atoms with E-state index >= 15 is 0 Å². The Morgan fingerprint density at radius 2 is 1.91 bits per heavy atom. The normalized spacial score (nSPS) is 17.1. The van der Waals surface area contributed by atoms with Gasteiger partial charge in [-0.1, -0.05) is 62.7 Å². The van der Waals surface area contributed by atoms with Crippen LogP contribution in [0.4, 0.5) is 11.8 Å². The highest BCUT2D eigenvalue weighted by Gasteiger charge is 2.34. The molecule has 44 heavy (non-hydrogen) atoms. The van der Waals surface area contributed by atoms with Crippen LogP contribution in [0.15, 0.2) is 67.4 Å². The highest BCUT2D eigenvalue weighted by Crippen LogP contribution is 2.39. The Hall–Kier alpha value is -4.48. The molecule has 5 heterocycles. The van der Waals surface area contributed by atoms with Crippen molar-refractivity contribution in [1.82, 2.24) is 38.9 Å². The van der Waals surface area contributed by atoms with Crippen LogP contribution in [0.2, 0.25) is 5.02 Å². The van der Waals surface area contributed by atoms with Crippen molar-refractivity contribution in [2.24, 2.45) is 7.05 Å². The first kappa shape index (κ1) is 28.3. The molecule has 11 nitrogen and oxygen atoms in total. The van der Waals surface area contributed by atoms with Crippen LogP contribution < -0.4 is 10.1 Å². The second-order valence-electron chi connectivity index (χ2n) is 12.2. The molecule has 226 valence electrons. The molecule has 1 saturated carbocycles. The first-order valence-corrected chi connectivity index (χ1v) is 15.1. The van der Waals surface area contributed by atoms with Crippen LogP contribution in [0, 0.1) is 0 Å². The van der Waals surface area contributed by atoms with Crippen LogP contribution in [-0.4, -0.2) is 45.0 Å². The molecule has 2 atom stereocenters. The van der Waals surface area contributed by atoms with Gasteiger partial charge < -0.3 is 19.4 Å². The van der Waals surface area contributed by atoms with Crippen LogP contribution in [0.3, 0.4) is 0 Å². The predicted molar refractivity (Wildman–Crippen MR) is 169 cm³/mol. The summed E-state index contributed by atoms with van der Waals surface area (Å²) < 4.78 is 18.3. The van der Waals surface area contributed by atoms with E-state index in [9.17, 15) is 0 Å². The molecular formula is C32H34ClN9O2. The fraction of sp³-hybridized carbons (Fsp3) is 0.344. The van der Waals surface area contributed by atoms with Crippen molar-refractivity contribution >= 4 is 40.0 Å². The molecule has 0 bridgehead atoms. The van der Waals surface area contributed by atoms with Crippen LogP contribution >= 0.6 is 11.6 Å². The van der Waals surface area contributed by atoms with Crippen molar-refractivity contribution in [3.8, 4) is 11.5 Å². The first-order chi connectivity index (χ1) is 21.3. The van der Waals surface area contributed by atoms with E-state index in [1.807, 2.05) is 29.8 Å². The summed E-state index contributed by atoms with van der Waals surface area (Å²) >= 11 is 6.87. The fourth-order valence-electron chi connectivity index (χ4n) is 5.85. The summed E-state index contributed by atoms with van der Waals surface area (Å²) in [6.07, 6.45) is 11.5. The van der Waals surface area contributed by atoms with Gasteiger partial charge in [0.05, 0.1) is 37.3 Å². The third-order valence-electron chi connectivity index (χ3n) is 8.10. The number of benzene rings is 1. The van der Waals surface area contributed by atoms with E-state index in [0.717, 1.165) is 30.5 Å². The lowest BCUT2D eigenvalue weighted by Gasteiger charge is -2.27. The van der Waals surface area contributed by atoms with Crippen molar-refractivity contribution < 1.29 is 9.47 Å². The summed E-state index contributed by atoms with van der Waals surface area (Å²) in [5.41, 5.74) is 4.04. The maximum atomic E-state index is 6.87. The lowest BCUT2D eigenvalue weighted by molar-refractivity contribution is 0.0154. The molecule has 1 N–H and O–H groups in total. The minimum atomic E-state index is -0.128. The summed E-state index contributed by atoms with van der Waals surface area (Å²) in [5, 5.41) is 13.2. The molecule has 0 aliphatic heterocycles. The van der Waals surface area contributed by atoms with Crippen molar-refractivity contribution in [3.63, 3.8) is 0 Å². The van der Waals surface area contributed by atoms with Gasteiger partial charge in [0.15, 0.2) is 23.0 Å². The van der Waals surface area contributed by atoms with Gasteiger partial charge in [-0.2, -0.15) is 15.2 Å². The Morgan fingerprint density at radius 3 is 2.73 bits per heavy atom. The van der Waals surface area contributed by atoms with Crippen LogP contribution in [0.25, 0.3) is 16.7 Å². The average molecular weight is 612 g/mol. The molecule has 5 aromatic heterocycles. The Balaban J connectivity index is 1.16. The van der Waals surface area contributed by atoms with E-state index in [4.69, 9.17) is 31.2 Å². The predicted octanol–water partition coefficient (Wildman–Crippen LogP) is 7.00. The van der Waals surface area contributed by atoms with E-state index in [1.165, 1.54) is 5.56 Å². The molecule has 0 unspecified atom stereocenters. The van der Waals surface area contributed by atoms with Gasteiger partial charge in [0.25, 0.3) is 0 Å². The Morgan fingerprint density at radius 1 is 1.07 bits per heavy atom. The van der Waals surface area contributed by atoms with Crippen LogP contribution in [0.5, 0.6) is 11.5 Å². The monoisotopic (exact) mass is 611 g/mol. The number of imidazole rings is 1. The summed E-state index contributed by atoms with van der Waals surface area (Å²) in [7, 11) is 1.89. The standard InChI is InChI=1S/C32H34ClN9O2/c1-32(2,3)26-15-27(39-42(26)21-11-8-12-23(21)43-19-20-9-6-5-7-10-20)37-31-38-30-29(40(31)4)28(33)25(17-35-30)44-24-18-36-41-14-13-34-16-22(24)41/h5-7,9-10,13-18,21,23H,8,11-12,19H2,1-4H3,(H,35,37,38,39)/t21-,23+/m0/s1. The molecule has 1 aliphatic rings. The number of rotatable bonds is 8. The second-order valence-corrected chi connectivity index (χ2v) is 12.6. The number of aryl methyl sites for hydroxylation is 1. The van der Waals surface area contributed by atoms with Gasteiger partial charge in [0.2, 0.25) is 5.95 Å². The van der Waals surface area contributed by atoms with Gasteiger partial charge in [-0.05, 0) is 24.8 Å². The van der Waals surface area contributed by atoms with Gasteiger partial charge in [-0.3, -0.25) is 9.67 Å². The highest BCUT2D eigenvalue weighted by molar-refractivity contribution is 6.36. The molecule has 6 aromatic rings. The highest BCUT2D eigenvalue weighted by atomic mass is 35.5. The number of fused-ring (bicyclic) bond motifs is 2. The third kappa shape index (κ3) is 5.26. The first-order valence-electron chi connectivity index (χ1n) is 14.7. The Labute approximate surface area is 259 Å². The van der Waals surface area contributed by atoms with E-state index < -0.39 is 0 Å². The van der Waals surface area contributed by atoms with Gasteiger partial charge in [0, 0.05) is 36.6 Å². The molecule has 1 aliphatic carbocycles. The average Bonchev–Trinajstić information content (AvgIpc) is 3.80. The minimum absolute atomic E-state index is 0.0881. The van der Waals surface area contributed by atoms with Crippen molar-refractivity contribution in [3.05, 3.63) is 83.7 Å². The zero-order chi connectivity index (χ0) is 30.4. The topological polar surface area (TPSA) is 109 Å². The number of anilines is 2. The van der Waals surface area contributed by atoms with Crippen molar-refractivity contribution in [2.45, 2.75) is 64.2 Å². The van der Waals surface area contributed by atoms with Crippen molar-refractivity contribution in [2.75, 3.05) is 5.32 Å². The van der Waals surface area contributed by atoms with Gasteiger partial charge in [-0.15, -0.1) is 0 Å². The quantitative estimate of drug-likeness (QED) is 0.196. The third-order valence-corrected chi connectivity index (χ3v) is 8.46. The second kappa shape index (κ2) is 11.2.